The van der Waals surface area contributed by atoms with E-state index in [-0.39, 0.29) is 23.7 Å². The molecule has 0 saturated carbocycles. The van der Waals surface area contributed by atoms with Crippen LogP contribution in [0.4, 0.5) is 0 Å². The van der Waals surface area contributed by atoms with Gasteiger partial charge in [0.15, 0.2) is 0 Å². The molecule has 106 valence electrons. The number of halogens is 2. The highest BCUT2D eigenvalue weighted by Gasteiger charge is 2.18. The van der Waals surface area contributed by atoms with Crippen molar-refractivity contribution in [3.05, 3.63) is 26.6 Å². The molecule has 0 bridgehead atoms. The van der Waals surface area contributed by atoms with E-state index in [0.717, 1.165) is 5.56 Å². The van der Waals surface area contributed by atoms with E-state index in [9.17, 15) is 8.42 Å². The first-order valence-electron chi connectivity index (χ1n) is 5.19. The van der Waals surface area contributed by atoms with Gasteiger partial charge in [0, 0.05) is 21.9 Å². The fraction of sp³-hybridized carbons (Fsp3) is 0.300. The molecular weight excluding hydrogens is 402 g/mol. The monoisotopic (exact) mass is 413 g/mol. The van der Waals surface area contributed by atoms with E-state index in [1.165, 1.54) is 6.07 Å². The van der Waals surface area contributed by atoms with Gasteiger partial charge in [-0.05, 0) is 40.5 Å². The van der Waals surface area contributed by atoms with Crippen molar-refractivity contribution in [2.75, 3.05) is 6.54 Å². The van der Waals surface area contributed by atoms with Gasteiger partial charge in [-0.25, -0.2) is 13.1 Å². The van der Waals surface area contributed by atoms with Gasteiger partial charge in [-0.1, -0.05) is 21.1 Å². The summed E-state index contributed by atoms with van der Waals surface area (Å²) in [5.74, 6) is -0.0353. The van der Waals surface area contributed by atoms with Crippen molar-refractivity contribution >= 4 is 47.7 Å². The van der Waals surface area contributed by atoms with E-state index < -0.39 is 10.0 Å². The van der Waals surface area contributed by atoms with Crippen molar-refractivity contribution in [3.63, 3.8) is 0 Å². The molecule has 1 aromatic rings. The van der Waals surface area contributed by atoms with E-state index in [4.69, 9.17) is 10.9 Å². The highest BCUT2D eigenvalue weighted by Crippen LogP contribution is 2.28. The van der Waals surface area contributed by atoms with E-state index in [0.29, 0.717) is 8.95 Å². The number of benzene rings is 1. The Morgan fingerprint density at radius 1 is 1.42 bits per heavy atom. The second-order valence-corrected chi connectivity index (χ2v) is 7.21. The number of sulfonamides is 1. The molecule has 0 aliphatic heterocycles. The minimum Gasteiger partial charge on any atom is -0.409 e. The Hall–Kier alpha value is -0.640. The van der Waals surface area contributed by atoms with Crippen LogP contribution in [0.3, 0.4) is 0 Å². The third-order valence-electron chi connectivity index (χ3n) is 2.30. The van der Waals surface area contributed by atoms with E-state index in [2.05, 4.69) is 41.7 Å². The van der Waals surface area contributed by atoms with E-state index >= 15 is 0 Å². The van der Waals surface area contributed by atoms with Crippen LogP contribution in [0, 0.1) is 6.92 Å². The molecular formula is C10H13Br2N3O3S. The molecule has 4 N–H and O–H groups in total. The molecule has 0 radical (unpaired) electrons. The average molecular weight is 415 g/mol. The Bertz CT molecular complexity index is 602. The smallest absolute Gasteiger partial charge is 0.241 e. The molecule has 0 saturated heterocycles. The van der Waals surface area contributed by atoms with Gasteiger partial charge in [0.2, 0.25) is 10.0 Å². The van der Waals surface area contributed by atoms with Crippen molar-refractivity contribution in [2.24, 2.45) is 10.9 Å². The van der Waals surface area contributed by atoms with Gasteiger partial charge in [-0.2, -0.15) is 0 Å². The van der Waals surface area contributed by atoms with E-state index in [1.807, 2.05) is 6.92 Å². The topological polar surface area (TPSA) is 105 Å². The molecule has 1 aromatic carbocycles. The number of hydrogen-bond donors (Lipinski definition) is 3. The molecule has 0 unspecified atom stereocenters. The predicted octanol–water partition coefficient (Wildman–Crippen LogP) is 1.93. The Kier molecular flexibility index (Phi) is 5.78. The minimum atomic E-state index is -3.65. The summed E-state index contributed by atoms with van der Waals surface area (Å²) in [6.07, 6.45) is 0.125. The van der Waals surface area contributed by atoms with Gasteiger partial charge in [0.05, 0.1) is 4.90 Å². The van der Waals surface area contributed by atoms with Crippen LogP contribution in [0.1, 0.15) is 12.0 Å². The number of amidine groups is 1. The van der Waals surface area contributed by atoms with Gasteiger partial charge in [-0.3, -0.25) is 0 Å². The van der Waals surface area contributed by atoms with Crippen molar-refractivity contribution in [2.45, 2.75) is 18.2 Å². The average Bonchev–Trinajstić information content (AvgIpc) is 2.33. The molecule has 19 heavy (non-hydrogen) atoms. The Morgan fingerprint density at radius 2 is 2.05 bits per heavy atom. The largest absolute Gasteiger partial charge is 0.409 e. The maximum Gasteiger partial charge on any atom is 0.241 e. The summed E-state index contributed by atoms with van der Waals surface area (Å²) in [4.78, 5) is 0.129. The quantitative estimate of drug-likeness (QED) is 0.296. The first-order valence-corrected chi connectivity index (χ1v) is 8.26. The normalized spacial score (nSPS) is 12.7. The van der Waals surface area contributed by atoms with Crippen LogP contribution in [-0.4, -0.2) is 26.0 Å². The van der Waals surface area contributed by atoms with Crippen LogP contribution in [0.25, 0.3) is 0 Å². The fourth-order valence-electron chi connectivity index (χ4n) is 1.28. The molecule has 0 spiro atoms. The van der Waals surface area contributed by atoms with Crippen molar-refractivity contribution in [1.82, 2.24) is 4.72 Å². The number of hydrogen-bond acceptors (Lipinski definition) is 4. The zero-order valence-electron chi connectivity index (χ0n) is 10.0. The maximum atomic E-state index is 12.1. The van der Waals surface area contributed by atoms with Crippen LogP contribution in [0.15, 0.2) is 31.1 Å². The first kappa shape index (κ1) is 16.4. The lowest BCUT2D eigenvalue weighted by Gasteiger charge is -2.10. The molecule has 0 fully saturated rings. The summed E-state index contributed by atoms with van der Waals surface area (Å²) in [6.45, 7) is 1.91. The third-order valence-corrected chi connectivity index (χ3v) is 5.58. The molecule has 0 aromatic heterocycles. The summed E-state index contributed by atoms with van der Waals surface area (Å²) in [7, 11) is -3.65. The van der Waals surface area contributed by atoms with Crippen molar-refractivity contribution in [3.8, 4) is 0 Å². The van der Waals surface area contributed by atoms with Gasteiger partial charge in [0.1, 0.15) is 5.84 Å². The zero-order chi connectivity index (χ0) is 14.6. The second-order valence-electron chi connectivity index (χ2n) is 3.77. The van der Waals surface area contributed by atoms with Gasteiger partial charge in [-0.15, -0.1) is 0 Å². The lowest BCUT2D eigenvalue weighted by molar-refractivity contribution is 0.317. The molecule has 0 atom stereocenters. The summed E-state index contributed by atoms with van der Waals surface area (Å²) in [5.41, 5.74) is 6.18. The Morgan fingerprint density at radius 3 is 2.63 bits per heavy atom. The number of nitrogens with two attached hydrogens (primary N) is 1. The van der Waals surface area contributed by atoms with Crippen molar-refractivity contribution < 1.29 is 13.6 Å². The maximum absolute atomic E-state index is 12.1. The molecule has 0 amide bonds. The SMILES string of the molecule is Cc1cc(Br)c(S(=O)(=O)NCC/C(N)=N/O)cc1Br. The second kappa shape index (κ2) is 6.69. The Labute approximate surface area is 128 Å². The number of rotatable bonds is 5. The van der Waals surface area contributed by atoms with Crippen LogP contribution in [-0.2, 0) is 10.0 Å². The first-order chi connectivity index (χ1) is 8.77. The van der Waals surface area contributed by atoms with Crippen LogP contribution in [0.2, 0.25) is 0 Å². The van der Waals surface area contributed by atoms with Gasteiger partial charge in [0.25, 0.3) is 0 Å². The zero-order valence-corrected chi connectivity index (χ0v) is 14.0. The number of aryl methyl sites for hydroxylation is 1. The molecule has 0 aliphatic carbocycles. The van der Waals surface area contributed by atoms with Crippen LogP contribution in [0.5, 0.6) is 0 Å². The minimum absolute atomic E-state index is 0.0353. The number of oxime groups is 1. The summed E-state index contributed by atoms with van der Waals surface area (Å²) in [5, 5.41) is 11.1. The summed E-state index contributed by atoms with van der Waals surface area (Å²) in [6, 6.07) is 3.23. The number of nitrogens with one attached hydrogen (secondary N) is 1. The fourth-order valence-corrected chi connectivity index (χ4v) is 3.98. The number of nitrogens with zero attached hydrogens (tertiary/aromatic N) is 1. The van der Waals surface area contributed by atoms with E-state index in [1.54, 1.807) is 6.07 Å². The van der Waals surface area contributed by atoms with Crippen LogP contribution < -0.4 is 10.5 Å². The highest BCUT2D eigenvalue weighted by atomic mass is 79.9. The highest BCUT2D eigenvalue weighted by molar-refractivity contribution is 9.11. The molecule has 1 rings (SSSR count). The van der Waals surface area contributed by atoms with Gasteiger partial charge >= 0.3 is 0 Å². The summed E-state index contributed by atoms with van der Waals surface area (Å²) >= 11 is 6.51. The predicted molar refractivity (Wildman–Crippen MR) is 79.8 cm³/mol. The lowest BCUT2D eigenvalue weighted by Crippen LogP contribution is -2.28. The lowest BCUT2D eigenvalue weighted by atomic mass is 10.2. The standard InChI is InChI=1S/C10H13Br2N3O3S/c1-6-4-8(12)9(5-7(6)11)19(17,18)14-3-2-10(13)15-16/h4-5,14,16H,2-3H2,1H3,(H2,13,15). The molecule has 6 nitrogen and oxygen atoms in total. The molecule has 9 heteroatoms. The summed E-state index contributed by atoms with van der Waals surface area (Å²) < 4.78 is 27.7. The molecule has 0 aliphatic rings. The van der Waals surface area contributed by atoms with Crippen molar-refractivity contribution in [1.29, 1.82) is 0 Å². The van der Waals surface area contributed by atoms with Gasteiger partial charge < -0.3 is 10.9 Å². The Balaban J connectivity index is 2.92. The van der Waals surface area contributed by atoms with Crippen LogP contribution >= 0.6 is 31.9 Å². The third kappa shape index (κ3) is 4.44. The molecule has 0 heterocycles.